The van der Waals surface area contributed by atoms with Gasteiger partial charge in [0.1, 0.15) is 5.65 Å². The number of hydrogen-bond donors (Lipinski definition) is 2. The Balaban J connectivity index is 1.75. The van der Waals surface area contributed by atoms with Gasteiger partial charge in [0.15, 0.2) is 5.96 Å². The molecule has 3 rings (SSSR count). The Morgan fingerprint density at radius 2 is 2.29 bits per heavy atom. The van der Waals surface area contributed by atoms with E-state index in [0.717, 1.165) is 29.8 Å². The summed E-state index contributed by atoms with van der Waals surface area (Å²) < 4.78 is 0. The number of nitrogens with two attached hydrogens (primary N) is 1. The topological polar surface area (TPSA) is 70.3 Å². The van der Waals surface area contributed by atoms with Crippen LogP contribution in [0.25, 0.3) is 11.0 Å². The molecule has 0 atom stereocenters. The van der Waals surface area contributed by atoms with E-state index < -0.39 is 0 Å². The van der Waals surface area contributed by atoms with Gasteiger partial charge in [-0.15, -0.1) is 0 Å². The highest BCUT2D eigenvalue weighted by atomic mass is 15.3. The van der Waals surface area contributed by atoms with Crippen LogP contribution < -0.4 is 5.73 Å². The fourth-order valence-corrected chi connectivity index (χ4v) is 1.87. The normalized spacial score (nSPS) is 16.2. The summed E-state index contributed by atoms with van der Waals surface area (Å²) in [6, 6.07) is 6.04. The lowest BCUT2D eigenvalue weighted by Crippen LogP contribution is -2.46. The number of H-pyrrole nitrogens is 1. The molecule has 5 heteroatoms. The molecule has 1 fully saturated rings. The van der Waals surface area contributed by atoms with E-state index in [4.69, 9.17) is 5.73 Å². The number of aliphatic imine (C=N–C) groups is 1. The first kappa shape index (κ1) is 10.1. The zero-order valence-electron chi connectivity index (χ0n) is 9.56. The Morgan fingerprint density at radius 1 is 1.41 bits per heavy atom. The molecule has 0 radical (unpaired) electrons. The number of pyridine rings is 1. The molecule has 1 aliphatic heterocycles. The molecule has 88 valence electrons. The number of rotatable bonds is 2. The molecule has 0 aromatic carbocycles. The van der Waals surface area contributed by atoms with Crippen molar-refractivity contribution >= 4 is 17.0 Å². The first-order chi connectivity index (χ1) is 8.33. The molecule has 0 aliphatic carbocycles. The monoisotopic (exact) mass is 229 g/mol. The minimum Gasteiger partial charge on any atom is -0.370 e. The van der Waals surface area contributed by atoms with Crippen LogP contribution in [0.1, 0.15) is 12.1 Å². The maximum atomic E-state index is 5.86. The zero-order valence-corrected chi connectivity index (χ0v) is 9.56. The van der Waals surface area contributed by atoms with Gasteiger partial charge in [-0.25, -0.2) is 9.98 Å². The number of likely N-dealkylation sites (tertiary alicyclic amines) is 1. The van der Waals surface area contributed by atoms with Gasteiger partial charge in [0.25, 0.3) is 0 Å². The highest BCUT2D eigenvalue weighted by molar-refractivity contribution is 5.79. The third-order valence-electron chi connectivity index (χ3n) is 3.05. The highest BCUT2D eigenvalue weighted by Gasteiger charge is 2.15. The van der Waals surface area contributed by atoms with E-state index in [9.17, 15) is 0 Å². The van der Waals surface area contributed by atoms with Gasteiger partial charge < -0.3 is 15.6 Å². The summed E-state index contributed by atoms with van der Waals surface area (Å²) in [5.74, 6) is 0.629. The second kappa shape index (κ2) is 4.08. The van der Waals surface area contributed by atoms with E-state index in [1.807, 2.05) is 24.4 Å². The molecule has 3 heterocycles. The minimum atomic E-state index is 0.539. The maximum absolute atomic E-state index is 5.86. The summed E-state index contributed by atoms with van der Waals surface area (Å²) >= 11 is 0. The molecule has 5 nitrogen and oxygen atoms in total. The summed E-state index contributed by atoms with van der Waals surface area (Å²) in [6.07, 6.45) is 3.10. The SMILES string of the molecule is NC(=NCc1ccc2cc[nH]c2n1)N1CCC1. The first-order valence-corrected chi connectivity index (χ1v) is 5.81. The van der Waals surface area contributed by atoms with Crippen molar-refractivity contribution in [3.63, 3.8) is 0 Å². The summed E-state index contributed by atoms with van der Waals surface area (Å²) in [6.45, 7) is 2.59. The smallest absolute Gasteiger partial charge is 0.191 e. The maximum Gasteiger partial charge on any atom is 0.191 e. The zero-order chi connectivity index (χ0) is 11.7. The van der Waals surface area contributed by atoms with Gasteiger partial charge in [0.05, 0.1) is 12.2 Å². The Labute approximate surface area is 99.4 Å². The number of nitrogens with one attached hydrogen (secondary N) is 1. The van der Waals surface area contributed by atoms with Crippen LogP contribution in [0.4, 0.5) is 0 Å². The van der Waals surface area contributed by atoms with Gasteiger partial charge in [0, 0.05) is 24.7 Å². The standard InChI is InChI=1S/C12H15N5/c13-12(17-6-1-7-17)15-8-10-3-2-9-4-5-14-11(9)16-10/h2-5H,1,6-8H2,(H2,13,15)(H,14,16). The molecule has 0 amide bonds. The minimum absolute atomic E-state index is 0.539. The highest BCUT2D eigenvalue weighted by Crippen LogP contribution is 2.11. The fourth-order valence-electron chi connectivity index (χ4n) is 1.87. The van der Waals surface area contributed by atoms with Crippen molar-refractivity contribution in [2.45, 2.75) is 13.0 Å². The van der Waals surface area contributed by atoms with Crippen LogP contribution in [0.2, 0.25) is 0 Å². The number of nitrogens with zero attached hydrogens (tertiary/aromatic N) is 3. The number of guanidine groups is 1. The molecule has 1 saturated heterocycles. The van der Waals surface area contributed by atoms with Crippen molar-refractivity contribution in [1.82, 2.24) is 14.9 Å². The third-order valence-corrected chi connectivity index (χ3v) is 3.05. The van der Waals surface area contributed by atoms with Gasteiger partial charge in [0.2, 0.25) is 0 Å². The van der Waals surface area contributed by atoms with Crippen molar-refractivity contribution in [2.75, 3.05) is 13.1 Å². The van der Waals surface area contributed by atoms with E-state index in [-0.39, 0.29) is 0 Å². The second-order valence-corrected chi connectivity index (χ2v) is 4.23. The lowest BCUT2D eigenvalue weighted by atomic mass is 10.2. The molecule has 17 heavy (non-hydrogen) atoms. The van der Waals surface area contributed by atoms with Crippen LogP contribution in [0.5, 0.6) is 0 Å². The molecule has 0 saturated carbocycles. The van der Waals surface area contributed by atoms with Gasteiger partial charge >= 0.3 is 0 Å². The molecule has 0 bridgehead atoms. The number of aromatic nitrogens is 2. The predicted octanol–water partition coefficient (Wildman–Crippen LogP) is 1.08. The Kier molecular flexibility index (Phi) is 2.44. The Morgan fingerprint density at radius 3 is 3.06 bits per heavy atom. The third kappa shape index (κ3) is 1.95. The predicted molar refractivity (Wildman–Crippen MR) is 67.6 cm³/mol. The molecule has 2 aromatic heterocycles. The number of aromatic amines is 1. The Bertz CT molecular complexity index is 553. The summed E-state index contributed by atoms with van der Waals surface area (Å²) in [5.41, 5.74) is 7.70. The molecule has 0 spiro atoms. The van der Waals surface area contributed by atoms with Crippen molar-refractivity contribution in [1.29, 1.82) is 0 Å². The summed E-state index contributed by atoms with van der Waals surface area (Å²) in [4.78, 5) is 14.0. The first-order valence-electron chi connectivity index (χ1n) is 5.81. The molecule has 0 unspecified atom stereocenters. The van der Waals surface area contributed by atoms with Gasteiger partial charge in [-0.1, -0.05) is 0 Å². The van der Waals surface area contributed by atoms with E-state index in [1.54, 1.807) is 0 Å². The van der Waals surface area contributed by atoms with Crippen molar-refractivity contribution in [3.8, 4) is 0 Å². The largest absolute Gasteiger partial charge is 0.370 e. The van der Waals surface area contributed by atoms with Crippen molar-refractivity contribution in [3.05, 3.63) is 30.1 Å². The fraction of sp³-hybridized carbons (Fsp3) is 0.333. The van der Waals surface area contributed by atoms with Crippen molar-refractivity contribution in [2.24, 2.45) is 10.7 Å². The van der Waals surface area contributed by atoms with E-state index in [0.29, 0.717) is 12.5 Å². The summed E-state index contributed by atoms with van der Waals surface area (Å²) in [7, 11) is 0. The molecular formula is C12H15N5. The van der Waals surface area contributed by atoms with Crippen molar-refractivity contribution < 1.29 is 0 Å². The van der Waals surface area contributed by atoms with Crippen LogP contribution in [0, 0.1) is 0 Å². The van der Waals surface area contributed by atoms with E-state index in [2.05, 4.69) is 19.9 Å². The van der Waals surface area contributed by atoms with Crippen LogP contribution in [-0.2, 0) is 6.54 Å². The van der Waals surface area contributed by atoms with E-state index >= 15 is 0 Å². The molecule has 1 aliphatic rings. The number of hydrogen-bond acceptors (Lipinski definition) is 2. The van der Waals surface area contributed by atoms with Crippen LogP contribution in [-0.4, -0.2) is 33.9 Å². The second-order valence-electron chi connectivity index (χ2n) is 4.23. The van der Waals surface area contributed by atoms with E-state index in [1.165, 1.54) is 6.42 Å². The average molecular weight is 229 g/mol. The van der Waals surface area contributed by atoms with Crippen LogP contribution in [0.15, 0.2) is 29.4 Å². The lowest BCUT2D eigenvalue weighted by Gasteiger charge is -2.31. The van der Waals surface area contributed by atoms with Crippen LogP contribution in [0.3, 0.4) is 0 Å². The van der Waals surface area contributed by atoms with Crippen LogP contribution >= 0.6 is 0 Å². The number of fused-ring (bicyclic) bond motifs is 1. The quantitative estimate of drug-likeness (QED) is 0.598. The average Bonchev–Trinajstić information content (AvgIpc) is 2.71. The van der Waals surface area contributed by atoms with Gasteiger partial charge in [-0.3, -0.25) is 0 Å². The molecular weight excluding hydrogens is 214 g/mol. The molecule has 3 N–H and O–H groups in total. The summed E-state index contributed by atoms with van der Waals surface area (Å²) in [5, 5.41) is 1.12. The Hall–Kier alpha value is -2.04. The molecule has 2 aromatic rings. The van der Waals surface area contributed by atoms with Gasteiger partial charge in [-0.2, -0.15) is 0 Å². The lowest BCUT2D eigenvalue weighted by molar-refractivity contribution is 0.295. The van der Waals surface area contributed by atoms with Gasteiger partial charge in [-0.05, 0) is 24.6 Å².